The Morgan fingerprint density at radius 3 is 2.26 bits per heavy atom. The van der Waals surface area contributed by atoms with Crippen LogP contribution in [0.4, 0.5) is 0 Å². The van der Waals surface area contributed by atoms with Gasteiger partial charge in [0.05, 0.1) is 0 Å². The molecule has 0 aliphatic rings. The Balaban J connectivity index is 0.000000459. The Bertz CT molecular complexity index is 483. The van der Waals surface area contributed by atoms with Crippen LogP contribution in [0, 0.1) is 0 Å². The molecule has 0 unspecified atom stereocenters. The molecule has 1 rings (SSSR count). The van der Waals surface area contributed by atoms with Gasteiger partial charge in [-0.1, -0.05) is 47.6 Å². The highest BCUT2D eigenvalue weighted by molar-refractivity contribution is 5.66. The third-order valence-electron chi connectivity index (χ3n) is 3.05. The van der Waals surface area contributed by atoms with E-state index in [1.807, 2.05) is 36.4 Å². The number of carbonyl (C=O) groups excluding carboxylic acids is 1. The molecule has 0 bridgehead atoms. The molecule has 0 saturated heterocycles. The van der Waals surface area contributed by atoms with Gasteiger partial charge < -0.3 is 9.84 Å². The first-order chi connectivity index (χ1) is 11.0. The van der Waals surface area contributed by atoms with Crippen LogP contribution in [0.5, 0.6) is 0 Å². The number of benzene rings is 1. The van der Waals surface area contributed by atoms with Crippen LogP contribution in [-0.4, -0.2) is 24.3 Å². The summed E-state index contributed by atoms with van der Waals surface area (Å²) in [5, 5.41) is 8.52. The molecule has 128 valence electrons. The Morgan fingerprint density at radius 1 is 1.09 bits per heavy atom. The number of hydrogen-bond acceptors (Lipinski definition) is 3. The minimum atomic E-state index is -0.224. The standard InChI is InChI=1S/C12H20O2.C8H10O/c1-10(2)6-5-7-11(3)8-9-14-12(4)13;9-7-6-8-4-2-1-3-5-8/h6,8H,5,7,9H2,1-4H3;1-5,9H,6-7H2. The van der Waals surface area contributed by atoms with Gasteiger partial charge in [0.25, 0.3) is 0 Å². The second-order valence-electron chi connectivity index (χ2n) is 5.63. The van der Waals surface area contributed by atoms with Gasteiger partial charge in [-0.3, -0.25) is 4.79 Å². The highest BCUT2D eigenvalue weighted by Gasteiger charge is 1.91. The molecular formula is C20H30O3. The fraction of sp³-hybridized carbons (Fsp3) is 0.450. The Morgan fingerprint density at radius 2 is 1.74 bits per heavy atom. The minimum Gasteiger partial charge on any atom is -0.462 e. The van der Waals surface area contributed by atoms with Crippen LogP contribution in [0.1, 0.15) is 46.1 Å². The minimum absolute atomic E-state index is 0.224. The van der Waals surface area contributed by atoms with Gasteiger partial charge in [-0.05, 0) is 51.7 Å². The van der Waals surface area contributed by atoms with E-state index < -0.39 is 0 Å². The highest BCUT2D eigenvalue weighted by Crippen LogP contribution is 2.06. The van der Waals surface area contributed by atoms with Crippen molar-refractivity contribution < 1.29 is 14.6 Å². The monoisotopic (exact) mass is 318 g/mol. The zero-order valence-corrected chi connectivity index (χ0v) is 14.8. The lowest BCUT2D eigenvalue weighted by Gasteiger charge is -2.00. The maximum Gasteiger partial charge on any atom is 0.302 e. The predicted molar refractivity (Wildman–Crippen MR) is 96.3 cm³/mol. The Kier molecular flexibility index (Phi) is 12.7. The van der Waals surface area contributed by atoms with E-state index >= 15 is 0 Å². The van der Waals surface area contributed by atoms with Crippen LogP contribution < -0.4 is 0 Å². The molecule has 0 amide bonds. The lowest BCUT2D eigenvalue weighted by molar-refractivity contribution is -0.139. The van der Waals surface area contributed by atoms with Crippen LogP contribution in [0.25, 0.3) is 0 Å². The molecule has 1 aromatic rings. The van der Waals surface area contributed by atoms with E-state index in [-0.39, 0.29) is 12.6 Å². The number of carbonyl (C=O) groups is 1. The van der Waals surface area contributed by atoms with E-state index in [1.54, 1.807) is 0 Å². The van der Waals surface area contributed by atoms with Crippen LogP contribution in [-0.2, 0) is 16.0 Å². The van der Waals surface area contributed by atoms with Gasteiger partial charge in [0, 0.05) is 13.5 Å². The van der Waals surface area contributed by atoms with Gasteiger partial charge in [-0.2, -0.15) is 0 Å². The fourth-order valence-corrected chi connectivity index (χ4v) is 1.77. The second-order valence-corrected chi connectivity index (χ2v) is 5.63. The van der Waals surface area contributed by atoms with E-state index in [4.69, 9.17) is 9.84 Å². The van der Waals surface area contributed by atoms with Crippen molar-refractivity contribution in [3.05, 3.63) is 59.2 Å². The van der Waals surface area contributed by atoms with Crippen molar-refractivity contribution in [2.75, 3.05) is 13.2 Å². The lowest BCUT2D eigenvalue weighted by atomic mass is 10.1. The zero-order chi connectivity index (χ0) is 17.5. The number of esters is 1. The molecule has 0 aromatic heterocycles. The largest absolute Gasteiger partial charge is 0.462 e. The molecular weight excluding hydrogens is 288 g/mol. The summed E-state index contributed by atoms with van der Waals surface area (Å²) in [6.45, 7) is 8.31. The summed E-state index contributed by atoms with van der Waals surface area (Å²) >= 11 is 0. The van der Waals surface area contributed by atoms with E-state index in [0.717, 1.165) is 19.3 Å². The summed E-state index contributed by atoms with van der Waals surface area (Å²) in [6, 6.07) is 9.95. The van der Waals surface area contributed by atoms with E-state index in [2.05, 4.69) is 26.8 Å². The third kappa shape index (κ3) is 14.8. The van der Waals surface area contributed by atoms with E-state index in [1.165, 1.54) is 23.6 Å². The SMILES string of the molecule is CC(=O)OCC=C(C)CCC=C(C)C.OCCc1ccccc1. The molecule has 0 radical (unpaired) electrons. The van der Waals surface area contributed by atoms with Crippen molar-refractivity contribution in [2.45, 2.75) is 47.0 Å². The molecule has 1 N–H and O–H groups in total. The summed E-state index contributed by atoms with van der Waals surface area (Å²) < 4.78 is 4.81. The summed E-state index contributed by atoms with van der Waals surface area (Å²) in [4.78, 5) is 10.5. The normalized spacial score (nSPS) is 10.4. The topological polar surface area (TPSA) is 46.5 Å². The summed E-state index contributed by atoms with van der Waals surface area (Å²) in [5.74, 6) is -0.224. The Labute approximate surface area is 140 Å². The first-order valence-corrected chi connectivity index (χ1v) is 8.02. The maximum absolute atomic E-state index is 10.5. The average Bonchev–Trinajstić information content (AvgIpc) is 2.48. The summed E-state index contributed by atoms with van der Waals surface area (Å²) in [7, 11) is 0. The van der Waals surface area contributed by atoms with Crippen LogP contribution in [0.2, 0.25) is 0 Å². The molecule has 0 saturated carbocycles. The second kappa shape index (κ2) is 13.8. The van der Waals surface area contributed by atoms with Gasteiger partial charge >= 0.3 is 5.97 Å². The van der Waals surface area contributed by atoms with Gasteiger partial charge in [0.15, 0.2) is 0 Å². The molecule has 0 aliphatic heterocycles. The van der Waals surface area contributed by atoms with E-state index in [9.17, 15) is 4.79 Å². The molecule has 3 heteroatoms. The van der Waals surface area contributed by atoms with Gasteiger partial charge in [-0.15, -0.1) is 0 Å². The van der Waals surface area contributed by atoms with Gasteiger partial charge in [0.2, 0.25) is 0 Å². The number of aliphatic hydroxyl groups excluding tert-OH is 1. The number of hydrogen-bond donors (Lipinski definition) is 1. The molecule has 23 heavy (non-hydrogen) atoms. The number of aliphatic hydroxyl groups is 1. The number of allylic oxidation sites excluding steroid dienone is 3. The predicted octanol–water partition coefficient (Wildman–Crippen LogP) is 4.46. The molecule has 0 aliphatic carbocycles. The van der Waals surface area contributed by atoms with Crippen molar-refractivity contribution in [3.63, 3.8) is 0 Å². The third-order valence-corrected chi connectivity index (χ3v) is 3.05. The fourth-order valence-electron chi connectivity index (χ4n) is 1.77. The zero-order valence-electron chi connectivity index (χ0n) is 14.8. The molecule has 3 nitrogen and oxygen atoms in total. The highest BCUT2D eigenvalue weighted by atomic mass is 16.5. The van der Waals surface area contributed by atoms with Gasteiger partial charge in [0.1, 0.15) is 6.61 Å². The Hall–Kier alpha value is -1.87. The van der Waals surface area contributed by atoms with Crippen molar-refractivity contribution in [1.29, 1.82) is 0 Å². The molecule has 0 heterocycles. The van der Waals surface area contributed by atoms with Crippen molar-refractivity contribution in [2.24, 2.45) is 0 Å². The summed E-state index contributed by atoms with van der Waals surface area (Å²) in [6.07, 6.45) is 7.03. The molecule has 0 atom stereocenters. The maximum atomic E-state index is 10.5. The molecule has 0 spiro atoms. The quantitative estimate of drug-likeness (QED) is 0.596. The first-order valence-electron chi connectivity index (χ1n) is 8.02. The number of rotatable bonds is 7. The van der Waals surface area contributed by atoms with Crippen LogP contribution >= 0.6 is 0 Å². The smallest absolute Gasteiger partial charge is 0.302 e. The van der Waals surface area contributed by atoms with Gasteiger partial charge in [-0.25, -0.2) is 0 Å². The lowest BCUT2D eigenvalue weighted by Crippen LogP contribution is -1.98. The van der Waals surface area contributed by atoms with Crippen LogP contribution in [0.3, 0.4) is 0 Å². The molecule has 0 fully saturated rings. The van der Waals surface area contributed by atoms with Crippen molar-refractivity contribution in [1.82, 2.24) is 0 Å². The first kappa shape index (κ1) is 21.1. The van der Waals surface area contributed by atoms with Crippen LogP contribution in [0.15, 0.2) is 53.6 Å². The summed E-state index contributed by atoms with van der Waals surface area (Å²) in [5.41, 5.74) is 3.81. The van der Waals surface area contributed by atoms with Crippen molar-refractivity contribution in [3.8, 4) is 0 Å². The number of ether oxygens (including phenoxy) is 1. The van der Waals surface area contributed by atoms with E-state index in [0.29, 0.717) is 6.61 Å². The molecule has 1 aromatic carbocycles. The average molecular weight is 318 g/mol. The van der Waals surface area contributed by atoms with Crippen molar-refractivity contribution >= 4 is 5.97 Å².